The molecule has 54 valence electrons. The molecule has 1 nitrogen and oxygen atoms in total. The maximum absolute atomic E-state index is 3.75. The number of rotatable bonds is 2. The zero-order valence-corrected chi connectivity index (χ0v) is 6.62. The van der Waals surface area contributed by atoms with E-state index in [0.717, 1.165) is 5.92 Å². The van der Waals surface area contributed by atoms with E-state index < -0.39 is 0 Å². The van der Waals surface area contributed by atoms with Crippen molar-refractivity contribution >= 4 is 11.8 Å². The molecule has 0 saturated carbocycles. The molecule has 1 atom stereocenters. The number of quaternary nitrogens is 1. The zero-order chi connectivity index (χ0) is 6.53. The van der Waals surface area contributed by atoms with Crippen molar-refractivity contribution in [2.75, 3.05) is 18.1 Å². The van der Waals surface area contributed by atoms with E-state index in [-0.39, 0.29) is 0 Å². The van der Waals surface area contributed by atoms with Crippen molar-refractivity contribution in [2.24, 2.45) is 5.92 Å². The second-order valence-corrected chi connectivity index (χ2v) is 3.76. The fourth-order valence-corrected chi connectivity index (χ4v) is 2.40. The summed E-state index contributed by atoms with van der Waals surface area (Å²) in [5.74, 6) is 3.70. The lowest BCUT2D eigenvalue weighted by molar-refractivity contribution is -0.601. The quantitative estimate of drug-likeness (QED) is 0.559. The third kappa shape index (κ3) is 2.59. The Balaban J connectivity index is 2.08. The minimum Gasteiger partial charge on any atom is -0.479 e. The van der Waals surface area contributed by atoms with E-state index in [1.165, 1.54) is 30.9 Å². The van der Waals surface area contributed by atoms with Crippen LogP contribution in [0.5, 0.6) is 0 Å². The third-order valence-corrected chi connectivity index (χ3v) is 3.04. The lowest BCUT2D eigenvalue weighted by atomic mass is 10.1. The molecule has 1 unspecified atom stereocenters. The van der Waals surface area contributed by atoms with Gasteiger partial charge in [-0.2, -0.15) is 18.8 Å². The van der Waals surface area contributed by atoms with Crippen LogP contribution in [0.25, 0.3) is 0 Å². The van der Waals surface area contributed by atoms with Crippen molar-refractivity contribution in [1.29, 1.82) is 0 Å². The maximum atomic E-state index is 3.75. The molecule has 0 bridgehead atoms. The molecule has 0 aromatic carbocycles. The molecule has 0 amide bonds. The van der Waals surface area contributed by atoms with E-state index in [2.05, 4.69) is 24.1 Å². The van der Waals surface area contributed by atoms with Gasteiger partial charge in [0.2, 0.25) is 0 Å². The summed E-state index contributed by atoms with van der Waals surface area (Å²) in [6.45, 7) is 1.23. The van der Waals surface area contributed by atoms with E-state index in [4.69, 9.17) is 0 Å². The number of thioether (sulfide) groups is 1. The van der Waals surface area contributed by atoms with Crippen molar-refractivity contribution in [2.45, 2.75) is 12.8 Å². The molecule has 9 heavy (non-hydrogen) atoms. The highest BCUT2D eigenvalue weighted by Crippen LogP contribution is 2.20. The standard InChI is InChI=1S/C7H15NS/c1-8-5-7-3-2-4-9-6-7/h7H,1-6,8H2. The van der Waals surface area contributed by atoms with Crippen molar-refractivity contribution in [3.05, 3.63) is 7.05 Å². The summed E-state index contributed by atoms with van der Waals surface area (Å²) >= 11 is 2.10. The van der Waals surface area contributed by atoms with Gasteiger partial charge in [-0.05, 0) is 18.6 Å². The molecule has 1 rings (SSSR count). The molecular weight excluding hydrogens is 130 g/mol. The van der Waals surface area contributed by atoms with E-state index >= 15 is 0 Å². The molecule has 0 radical (unpaired) electrons. The second kappa shape index (κ2) is 4.18. The third-order valence-electron chi connectivity index (χ3n) is 1.75. The minimum absolute atomic E-state index is 0.946. The molecule has 1 saturated heterocycles. The normalized spacial score (nSPS) is 28.3. The molecule has 0 spiro atoms. The predicted molar refractivity (Wildman–Crippen MR) is 42.2 cm³/mol. The van der Waals surface area contributed by atoms with Crippen LogP contribution in [0.3, 0.4) is 0 Å². The van der Waals surface area contributed by atoms with Crippen LogP contribution in [-0.4, -0.2) is 18.1 Å². The Hall–Kier alpha value is 0.310. The lowest BCUT2D eigenvalue weighted by Crippen LogP contribution is -2.78. The van der Waals surface area contributed by atoms with Gasteiger partial charge in [-0.3, -0.25) is 0 Å². The van der Waals surface area contributed by atoms with Crippen molar-refractivity contribution < 1.29 is 5.32 Å². The smallest absolute Gasteiger partial charge is 0.0552 e. The highest BCUT2D eigenvalue weighted by atomic mass is 32.2. The van der Waals surface area contributed by atoms with Gasteiger partial charge < -0.3 is 5.32 Å². The molecule has 0 aromatic rings. The van der Waals surface area contributed by atoms with Crippen LogP contribution in [0, 0.1) is 13.0 Å². The van der Waals surface area contributed by atoms with Gasteiger partial charge >= 0.3 is 0 Å². The Bertz CT molecular complexity index is 66.6. The second-order valence-electron chi connectivity index (χ2n) is 2.61. The van der Waals surface area contributed by atoms with Crippen LogP contribution < -0.4 is 5.32 Å². The summed E-state index contributed by atoms with van der Waals surface area (Å²) in [4.78, 5) is 0. The van der Waals surface area contributed by atoms with Crippen LogP contribution >= 0.6 is 11.8 Å². The molecular formula is C7H15NS. The Labute approximate surface area is 61.6 Å². The summed E-state index contributed by atoms with van der Waals surface area (Å²) in [6.07, 6.45) is 2.85. The Morgan fingerprint density at radius 1 is 1.67 bits per heavy atom. The first-order valence-electron chi connectivity index (χ1n) is 3.62. The first-order valence-corrected chi connectivity index (χ1v) is 4.77. The van der Waals surface area contributed by atoms with Crippen molar-refractivity contribution in [3.8, 4) is 0 Å². The highest BCUT2D eigenvalue weighted by molar-refractivity contribution is 7.99. The van der Waals surface area contributed by atoms with Crippen LogP contribution in [0.2, 0.25) is 0 Å². The molecule has 1 aliphatic heterocycles. The number of hydrogen-bond donors (Lipinski definition) is 1. The molecule has 2 heteroatoms. The van der Waals surface area contributed by atoms with Gasteiger partial charge in [0.25, 0.3) is 0 Å². The van der Waals surface area contributed by atoms with Crippen LogP contribution in [0.15, 0.2) is 0 Å². The number of nitrogens with two attached hydrogens (primary N) is 1. The van der Waals surface area contributed by atoms with E-state index in [1.54, 1.807) is 0 Å². The summed E-state index contributed by atoms with van der Waals surface area (Å²) in [7, 11) is 3.75. The minimum atomic E-state index is 0.946. The molecule has 0 aliphatic carbocycles. The van der Waals surface area contributed by atoms with Gasteiger partial charge in [-0.1, -0.05) is 0 Å². The van der Waals surface area contributed by atoms with Crippen molar-refractivity contribution in [3.63, 3.8) is 0 Å². The van der Waals surface area contributed by atoms with Crippen molar-refractivity contribution in [1.82, 2.24) is 0 Å². The van der Waals surface area contributed by atoms with Crippen LogP contribution in [0.4, 0.5) is 0 Å². The van der Waals surface area contributed by atoms with E-state index in [0.29, 0.717) is 0 Å². The van der Waals surface area contributed by atoms with E-state index in [9.17, 15) is 0 Å². The average Bonchev–Trinajstić information content (AvgIpc) is 1.91. The lowest BCUT2D eigenvalue weighted by Gasteiger charge is -2.19. The zero-order valence-electron chi connectivity index (χ0n) is 5.81. The first-order chi connectivity index (χ1) is 4.43. The highest BCUT2D eigenvalue weighted by Gasteiger charge is 2.12. The van der Waals surface area contributed by atoms with Crippen LogP contribution in [-0.2, 0) is 0 Å². The Morgan fingerprint density at radius 2 is 2.56 bits per heavy atom. The van der Waals surface area contributed by atoms with Gasteiger partial charge in [0.1, 0.15) is 0 Å². The first kappa shape index (κ1) is 7.42. The topological polar surface area (TPSA) is 16.6 Å². The number of hydrogen-bond acceptors (Lipinski definition) is 1. The Kier molecular flexibility index (Phi) is 3.44. The molecule has 1 heterocycles. The molecule has 1 aliphatic rings. The SMILES string of the molecule is [CH2-][NH2+]CC1CCCSC1. The Morgan fingerprint density at radius 3 is 3.11 bits per heavy atom. The van der Waals surface area contributed by atoms with Crippen LogP contribution in [0.1, 0.15) is 12.8 Å². The molecule has 0 aromatic heterocycles. The largest absolute Gasteiger partial charge is 0.479 e. The van der Waals surface area contributed by atoms with E-state index in [1.807, 2.05) is 0 Å². The average molecular weight is 145 g/mol. The summed E-state index contributed by atoms with van der Waals surface area (Å²) < 4.78 is 0. The van der Waals surface area contributed by atoms with Gasteiger partial charge in [0.05, 0.1) is 6.54 Å². The maximum Gasteiger partial charge on any atom is 0.0552 e. The fraction of sp³-hybridized carbons (Fsp3) is 0.857. The molecule has 2 N–H and O–H groups in total. The van der Waals surface area contributed by atoms with Gasteiger partial charge in [-0.25, -0.2) is 0 Å². The molecule has 1 fully saturated rings. The summed E-state index contributed by atoms with van der Waals surface area (Å²) in [5.41, 5.74) is 0. The monoisotopic (exact) mass is 145 g/mol. The van der Waals surface area contributed by atoms with Gasteiger partial charge in [-0.15, -0.1) is 0 Å². The fourth-order valence-electron chi connectivity index (χ4n) is 1.23. The van der Waals surface area contributed by atoms with Gasteiger partial charge in [0.15, 0.2) is 0 Å². The predicted octanol–water partition coefficient (Wildman–Crippen LogP) is 0.485. The summed E-state index contributed by atoms with van der Waals surface area (Å²) in [6, 6.07) is 0. The van der Waals surface area contributed by atoms with Gasteiger partial charge in [0, 0.05) is 11.7 Å². The summed E-state index contributed by atoms with van der Waals surface area (Å²) in [5, 5.41) is 2.05.